The number of carbonyl (C=O) groups excluding carboxylic acids is 1. The van der Waals surface area contributed by atoms with E-state index in [1.807, 2.05) is 11.0 Å². The molecule has 1 aromatic carbocycles. The summed E-state index contributed by atoms with van der Waals surface area (Å²) in [5.41, 5.74) is 4.87. The highest BCUT2D eigenvalue weighted by molar-refractivity contribution is 5.94. The Morgan fingerprint density at radius 3 is 2.95 bits per heavy atom. The minimum absolute atomic E-state index is 0.164. The zero-order valence-electron chi connectivity index (χ0n) is 11.4. The molecule has 1 N–H and O–H groups in total. The Morgan fingerprint density at radius 2 is 2.16 bits per heavy atom. The topological polar surface area (TPSA) is 32.3 Å². The van der Waals surface area contributed by atoms with Gasteiger partial charge >= 0.3 is 0 Å². The molecule has 1 aromatic rings. The maximum Gasteiger partial charge on any atom is 0.254 e. The Bertz CT molecular complexity index is 534. The zero-order chi connectivity index (χ0) is 13.2. The molecule has 0 radical (unpaired) electrons. The van der Waals surface area contributed by atoms with Crippen LogP contribution >= 0.6 is 0 Å². The van der Waals surface area contributed by atoms with E-state index in [-0.39, 0.29) is 5.91 Å². The molecule has 0 unspecified atom stereocenters. The summed E-state index contributed by atoms with van der Waals surface area (Å²) in [6.45, 7) is 5.65. The standard InChI is InChI=1S/C16H20N2O/c1-12-5-8-18(9-6-12)16(19)14-3-2-13-4-7-17-11-15(13)10-14/h2-3,5,10,17H,4,6-9,11H2,1H3. The molecular weight excluding hydrogens is 236 g/mol. The zero-order valence-corrected chi connectivity index (χ0v) is 11.4. The van der Waals surface area contributed by atoms with Gasteiger partial charge in [0.25, 0.3) is 5.91 Å². The molecule has 0 spiro atoms. The van der Waals surface area contributed by atoms with E-state index in [1.54, 1.807) is 0 Å². The van der Waals surface area contributed by atoms with Gasteiger partial charge in [0.1, 0.15) is 0 Å². The second-order valence-electron chi connectivity index (χ2n) is 5.46. The van der Waals surface area contributed by atoms with Crippen LogP contribution in [0, 0.1) is 0 Å². The summed E-state index contributed by atoms with van der Waals surface area (Å²) in [5, 5.41) is 3.36. The lowest BCUT2D eigenvalue weighted by Gasteiger charge is -2.26. The summed E-state index contributed by atoms with van der Waals surface area (Å²) in [4.78, 5) is 14.4. The number of rotatable bonds is 1. The molecule has 0 fully saturated rings. The number of fused-ring (bicyclic) bond motifs is 1. The molecule has 2 aliphatic heterocycles. The second-order valence-corrected chi connectivity index (χ2v) is 5.46. The van der Waals surface area contributed by atoms with Crippen molar-refractivity contribution in [1.82, 2.24) is 10.2 Å². The molecule has 19 heavy (non-hydrogen) atoms. The summed E-state index contributed by atoms with van der Waals surface area (Å²) in [6, 6.07) is 6.17. The van der Waals surface area contributed by atoms with Crippen molar-refractivity contribution in [3.05, 3.63) is 46.5 Å². The van der Waals surface area contributed by atoms with Gasteiger partial charge in [0.05, 0.1) is 0 Å². The summed E-state index contributed by atoms with van der Waals surface area (Å²) >= 11 is 0. The Labute approximate surface area is 114 Å². The fourth-order valence-corrected chi connectivity index (χ4v) is 2.75. The number of hydrogen-bond donors (Lipinski definition) is 1. The van der Waals surface area contributed by atoms with Gasteiger partial charge in [-0.2, -0.15) is 0 Å². The number of amides is 1. The van der Waals surface area contributed by atoms with Crippen LogP contribution in [0.25, 0.3) is 0 Å². The van der Waals surface area contributed by atoms with Crippen molar-refractivity contribution in [1.29, 1.82) is 0 Å². The van der Waals surface area contributed by atoms with Crippen molar-refractivity contribution in [2.75, 3.05) is 19.6 Å². The smallest absolute Gasteiger partial charge is 0.254 e. The fraction of sp³-hybridized carbons (Fsp3) is 0.438. The van der Waals surface area contributed by atoms with Crippen LogP contribution in [0.4, 0.5) is 0 Å². The minimum Gasteiger partial charge on any atom is -0.335 e. The first-order chi connectivity index (χ1) is 9.24. The molecular formula is C16H20N2O. The average Bonchev–Trinajstić information content (AvgIpc) is 2.47. The van der Waals surface area contributed by atoms with Crippen LogP contribution in [0.15, 0.2) is 29.8 Å². The van der Waals surface area contributed by atoms with Gasteiger partial charge < -0.3 is 10.2 Å². The molecule has 0 atom stereocenters. The summed E-state index contributed by atoms with van der Waals surface area (Å²) in [6.07, 6.45) is 4.22. The van der Waals surface area contributed by atoms with E-state index in [0.29, 0.717) is 0 Å². The number of nitrogens with one attached hydrogen (secondary N) is 1. The van der Waals surface area contributed by atoms with Gasteiger partial charge in [0.2, 0.25) is 0 Å². The minimum atomic E-state index is 0.164. The third kappa shape index (κ3) is 2.56. The summed E-state index contributed by atoms with van der Waals surface area (Å²) < 4.78 is 0. The van der Waals surface area contributed by atoms with E-state index in [0.717, 1.165) is 44.6 Å². The maximum atomic E-state index is 12.5. The van der Waals surface area contributed by atoms with Crippen molar-refractivity contribution in [3.63, 3.8) is 0 Å². The van der Waals surface area contributed by atoms with Crippen LogP contribution in [-0.2, 0) is 13.0 Å². The van der Waals surface area contributed by atoms with Gasteiger partial charge in [-0.05, 0) is 49.6 Å². The van der Waals surface area contributed by atoms with E-state index >= 15 is 0 Å². The molecule has 0 saturated carbocycles. The molecule has 0 aliphatic carbocycles. The third-order valence-corrected chi connectivity index (χ3v) is 4.06. The molecule has 3 heteroatoms. The van der Waals surface area contributed by atoms with Crippen molar-refractivity contribution in [3.8, 4) is 0 Å². The first kappa shape index (κ1) is 12.4. The molecule has 3 nitrogen and oxygen atoms in total. The van der Waals surface area contributed by atoms with Crippen LogP contribution in [-0.4, -0.2) is 30.4 Å². The van der Waals surface area contributed by atoms with E-state index in [9.17, 15) is 4.79 Å². The van der Waals surface area contributed by atoms with Crippen LogP contribution < -0.4 is 5.32 Å². The van der Waals surface area contributed by atoms with Gasteiger partial charge in [-0.15, -0.1) is 0 Å². The Hall–Kier alpha value is -1.61. The third-order valence-electron chi connectivity index (χ3n) is 4.06. The molecule has 3 rings (SSSR count). The van der Waals surface area contributed by atoms with Gasteiger partial charge in [0, 0.05) is 25.2 Å². The first-order valence-corrected chi connectivity index (χ1v) is 7.01. The molecule has 100 valence electrons. The highest BCUT2D eigenvalue weighted by Crippen LogP contribution is 2.18. The van der Waals surface area contributed by atoms with E-state index in [4.69, 9.17) is 0 Å². The summed E-state index contributed by atoms with van der Waals surface area (Å²) in [7, 11) is 0. The van der Waals surface area contributed by atoms with Gasteiger partial charge in [0.15, 0.2) is 0 Å². The number of carbonyl (C=O) groups is 1. The van der Waals surface area contributed by atoms with E-state index < -0.39 is 0 Å². The normalized spacial score (nSPS) is 18.8. The van der Waals surface area contributed by atoms with Crippen LogP contribution in [0.1, 0.15) is 34.8 Å². The van der Waals surface area contributed by atoms with Crippen molar-refractivity contribution >= 4 is 5.91 Å². The van der Waals surface area contributed by atoms with Crippen LogP contribution in [0.2, 0.25) is 0 Å². The molecule has 2 heterocycles. The maximum absolute atomic E-state index is 12.5. The molecule has 0 bridgehead atoms. The Kier molecular flexibility index (Phi) is 3.38. The Morgan fingerprint density at radius 1 is 1.26 bits per heavy atom. The van der Waals surface area contributed by atoms with Crippen LogP contribution in [0.5, 0.6) is 0 Å². The Balaban J connectivity index is 1.80. The number of nitrogens with zero attached hydrogens (tertiary/aromatic N) is 1. The lowest BCUT2D eigenvalue weighted by Crippen LogP contribution is -2.35. The van der Waals surface area contributed by atoms with Gasteiger partial charge in [-0.3, -0.25) is 4.79 Å². The lowest BCUT2D eigenvalue weighted by atomic mass is 9.98. The van der Waals surface area contributed by atoms with Crippen LogP contribution in [0.3, 0.4) is 0 Å². The quantitative estimate of drug-likeness (QED) is 0.781. The van der Waals surface area contributed by atoms with Gasteiger partial charge in [-0.1, -0.05) is 17.7 Å². The van der Waals surface area contributed by atoms with Gasteiger partial charge in [-0.25, -0.2) is 0 Å². The summed E-state index contributed by atoms with van der Waals surface area (Å²) in [5.74, 6) is 0.164. The largest absolute Gasteiger partial charge is 0.335 e. The fourth-order valence-electron chi connectivity index (χ4n) is 2.75. The SMILES string of the molecule is CC1=CCN(C(=O)c2ccc3c(c2)CNCC3)CC1. The first-order valence-electron chi connectivity index (χ1n) is 7.01. The highest BCUT2D eigenvalue weighted by atomic mass is 16.2. The van der Waals surface area contributed by atoms with E-state index in [1.165, 1.54) is 16.7 Å². The molecule has 1 amide bonds. The monoisotopic (exact) mass is 256 g/mol. The predicted molar refractivity (Wildman–Crippen MR) is 76.1 cm³/mol. The molecule has 2 aliphatic rings. The van der Waals surface area contributed by atoms with E-state index in [2.05, 4.69) is 30.4 Å². The van der Waals surface area contributed by atoms with Crippen molar-refractivity contribution in [2.24, 2.45) is 0 Å². The highest BCUT2D eigenvalue weighted by Gasteiger charge is 2.19. The average molecular weight is 256 g/mol. The predicted octanol–water partition coefficient (Wildman–Crippen LogP) is 2.12. The van der Waals surface area contributed by atoms with Crippen molar-refractivity contribution < 1.29 is 4.79 Å². The number of hydrogen-bond acceptors (Lipinski definition) is 2. The number of benzene rings is 1. The second kappa shape index (κ2) is 5.17. The van der Waals surface area contributed by atoms with Crippen molar-refractivity contribution in [2.45, 2.75) is 26.3 Å². The molecule has 0 saturated heterocycles. The lowest BCUT2D eigenvalue weighted by molar-refractivity contribution is 0.0769. The molecule has 0 aromatic heterocycles.